The highest BCUT2D eigenvalue weighted by Crippen LogP contribution is 2.07. The first-order valence-corrected chi connectivity index (χ1v) is 7.21. The van der Waals surface area contributed by atoms with Crippen molar-refractivity contribution >= 4 is 35.6 Å². The number of hydrogen-bond acceptors (Lipinski definition) is 4. The topological polar surface area (TPSA) is 84.2 Å². The first-order chi connectivity index (χ1) is 9.00. The van der Waals surface area contributed by atoms with Crippen LogP contribution in [0, 0.1) is 5.92 Å². The van der Waals surface area contributed by atoms with Crippen molar-refractivity contribution in [1.29, 1.82) is 0 Å². The maximum atomic E-state index is 11.5. The summed E-state index contributed by atoms with van der Waals surface area (Å²) in [4.78, 5) is 24.3. The van der Waals surface area contributed by atoms with E-state index < -0.39 is 6.04 Å². The van der Waals surface area contributed by atoms with E-state index in [0.717, 1.165) is 6.42 Å². The summed E-state index contributed by atoms with van der Waals surface area (Å²) in [6.45, 7) is 4.28. The second-order valence-electron chi connectivity index (χ2n) is 4.67. The van der Waals surface area contributed by atoms with Gasteiger partial charge in [-0.2, -0.15) is 0 Å². The molecule has 5 nitrogen and oxygen atoms in total. The highest BCUT2D eigenvalue weighted by atomic mass is 35.5. The van der Waals surface area contributed by atoms with Gasteiger partial charge in [0, 0.05) is 11.4 Å². The zero-order valence-corrected chi connectivity index (χ0v) is 13.4. The van der Waals surface area contributed by atoms with Crippen LogP contribution in [0.15, 0.2) is 17.5 Å². The SMILES string of the molecule is CC(C)[C@H](N)C(=O)NCC(=O)NCCc1cccs1.Cl. The molecule has 0 saturated heterocycles. The Morgan fingerprint density at radius 2 is 2.05 bits per heavy atom. The Bertz CT molecular complexity index is 410. The molecule has 0 radical (unpaired) electrons. The Morgan fingerprint density at radius 1 is 1.35 bits per heavy atom. The minimum absolute atomic E-state index is 0. The van der Waals surface area contributed by atoms with Crippen molar-refractivity contribution in [2.45, 2.75) is 26.3 Å². The Balaban J connectivity index is 0.00000361. The molecule has 0 saturated carbocycles. The zero-order chi connectivity index (χ0) is 14.3. The Kier molecular flexibility index (Phi) is 9.20. The molecule has 4 N–H and O–H groups in total. The van der Waals surface area contributed by atoms with Crippen molar-refractivity contribution in [3.8, 4) is 0 Å². The number of carbonyl (C=O) groups is 2. The van der Waals surface area contributed by atoms with Crippen LogP contribution < -0.4 is 16.4 Å². The Morgan fingerprint density at radius 3 is 2.60 bits per heavy atom. The minimum Gasteiger partial charge on any atom is -0.354 e. The lowest BCUT2D eigenvalue weighted by Crippen LogP contribution is -2.47. The van der Waals surface area contributed by atoms with Gasteiger partial charge < -0.3 is 16.4 Å². The van der Waals surface area contributed by atoms with Gasteiger partial charge in [0.25, 0.3) is 0 Å². The molecule has 114 valence electrons. The highest BCUT2D eigenvalue weighted by Gasteiger charge is 2.17. The van der Waals surface area contributed by atoms with E-state index in [4.69, 9.17) is 5.73 Å². The van der Waals surface area contributed by atoms with Gasteiger partial charge in [0.15, 0.2) is 0 Å². The molecule has 1 atom stereocenters. The van der Waals surface area contributed by atoms with E-state index in [1.807, 2.05) is 31.4 Å². The van der Waals surface area contributed by atoms with Gasteiger partial charge in [-0.25, -0.2) is 0 Å². The van der Waals surface area contributed by atoms with Crippen LogP contribution in [-0.2, 0) is 16.0 Å². The number of carbonyl (C=O) groups excluding carboxylic acids is 2. The van der Waals surface area contributed by atoms with Gasteiger partial charge in [0.05, 0.1) is 12.6 Å². The first-order valence-electron chi connectivity index (χ1n) is 6.33. The summed E-state index contributed by atoms with van der Waals surface area (Å²) in [6.07, 6.45) is 0.808. The van der Waals surface area contributed by atoms with Crippen molar-refractivity contribution in [2.75, 3.05) is 13.1 Å². The van der Waals surface area contributed by atoms with Crippen LogP contribution in [0.3, 0.4) is 0 Å². The molecule has 0 aliphatic heterocycles. The second kappa shape index (κ2) is 9.74. The van der Waals surface area contributed by atoms with Crippen molar-refractivity contribution in [2.24, 2.45) is 11.7 Å². The normalized spacial score (nSPS) is 11.6. The standard InChI is InChI=1S/C13H21N3O2S.ClH/c1-9(2)12(14)13(18)16-8-11(17)15-6-5-10-4-3-7-19-10;/h3-4,7,9,12H,5-6,8,14H2,1-2H3,(H,15,17)(H,16,18);1H/t12-;/m0./s1. The predicted molar refractivity (Wildman–Crippen MR) is 84.1 cm³/mol. The summed E-state index contributed by atoms with van der Waals surface area (Å²) < 4.78 is 0. The summed E-state index contributed by atoms with van der Waals surface area (Å²) in [5.41, 5.74) is 5.67. The monoisotopic (exact) mass is 319 g/mol. The molecule has 0 unspecified atom stereocenters. The Hall–Kier alpha value is -1.11. The second-order valence-corrected chi connectivity index (χ2v) is 5.70. The largest absolute Gasteiger partial charge is 0.354 e. The number of nitrogens with one attached hydrogen (secondary N) is 2. The molecular weight excluding hydrogens is 298 g/mol. The minimum atomic E-state index is -0.570. The molecule has 1 rings (SSSR count). The average molecular weight is 320 g/mol. The molecule has 0 spiro atoms. The third kappa shape index (κ3) is 6.88. The van der Waals surface area contributed by atoms with Crippen LogP contribution in [0.5, 0.6) is 0 Å². The van der Waals surface area contributed by atoms with E-state index in [9.17, 15) is 9.59 Å². The van der Waals surface area contributed by atoms with Gasteiger partial charge in [-0.15, -0.1) is 23.7 Å². The van der Waals surface area contributed by atoms with Crippen molar-refractivity contribution in [1.82, 2.24) is 10.6 Å². The van der Waals surface area contributed by atoms with Gasteiger partial charge >= 0.3 is 0 Å². The van der Waals surface area contributed by atoms with Crippen molar-refractivity contribution < 1.29 is 9.59 Å². The quantitative estimate of drug-likeness (QED) is 0.699. The van der Waals surface area contributed by atoms with Gasteiger partial charge in [-0.3, -0.25) is 9.59 Å². The zero-order valence-electron chi connectivity index (χ0n) is 11.7. The van der Waals surface area contributed by atoms with E-state index >= 15 is 0 Å². The fraction of sp³-hybridized carbons (Fsp3) is 0.538. The maximum absolute atomic E-state index is 11.5. The molecule has 20 heavy (non-hydrogen) atoms. The molecule has 0 fully saturated rings. The lowest BCUT2D eigenvalue weighted by molar-refractivity contribution is -0.127. The van der Waals surface area contributed by atoms with Gasteiger partial charge in [-0.1, -0.05) is 19.9 Å². The number of hydrogen-bond donors (Lipinski definition) is 3. The molecule has 0 aliphatic rings. The van der Waals surface area contributed by atoms with E-state index in [-0.39, 0.29) is 36.7 Å². The van der Waals surface area contributed by atoms with E-state index in [2.05, 4.69) is 10.6 Å². The van der Waals surface area contributed by atoms with Gasteiger partial charge in [0.1, 0.15) is 0 Å². The van der Waals surface area contributed by atoms with Crippen LogP contribution >= 0.6 is 23.7 Å². The van der Waals surface area contributed by atoms with Crippen LogP contribution in [0.2, 0.25) is 0 Å². The van der Waals surface area contributed by atoms with Crippen LogP contribution in [0.4, 0.5) is 0 Å². The molecule has 0 aliphatic carbocycles. The molecule has 1 aromatic rings. The highest BCUT2D eigenvalue weighted by molar-refractivity contribution is 7.09. The summed E-state index contributed by atoms with van der Waals surface area (Å²) in [6, 6.07) is 3.44. The molecule has 1 aromatic heterocycles. The van der Waals surface area contributed by atoms with E-state index in [1.165, 1.54) is 4.88 Å². The summed E-state index contributed by atoms with van der Waals surface area (Å²) in [7, 11) is 0. The maximum Gasteiger partial charge on any atom is 0.239 e. The lowest BCUT2D eigenvalue weighted by atomic mass is 10.1. The smallest absolute Gasteiger partial charge is 0.239 e. The third-order valence-corrected chi connectivity index (χ3v) is 3.65. The fourth-order valence-corrected chi connectivity index (χ4v) is 2.14. The molecule has 1 heterocycles. The predicted octanol–water partition coefficient (Wildman–Crippen LogP) is 0.928. The van der Waals surface area contributed by atoms with Crippen LogP contribution in [0.25, 0.3) is 0 Å². The molecule has 7 heteroatoms. The van der Waals surface area contributed by atoms with Crippen molar-refractivity contribution in [3.63, 3.8) is 0 Å². The summed E-state index contributed by atoms with van der Waals surface area (Å²) in [5, 5.41) is 7.30. The van der Waals surface area contributed by atoms with Gasteiger partial charge in [0.2, 0.25) is 11.8 Å². The number of nitrogens with two attached hydrogens (primary N) is 1. The number of amides is 2. The Labute approximate surface area is 129 Å². The van der Waals surface area contributed by atoms with E-state index in [0.29, 0.717) is 6.54 Å². The van der Waals surface area contributed by atoms with Crippen LogP contribution in [-0.4, -0.2) is 30.9 Å². The molecule has 2 amide bonds. The lowest BCUT2D eigenvalue weighted by Gasteiger charge is -2.15. The number of thiophene rings is 1. The molecule has 0 bridgehead atoms. The summed E-state index contributed by atoms with van der Waals surface area (Å²) in [5.74, 6) is -0.425. The average Bonchev–Trinajstić information content (AvgIpc) is 2.88. The van der Waals surface area contributed by atoms with Crippen molar-refractivity contribution in [3.05, 3.63) is 22.4 Å². The molecular formula is C13H22ClN3O2S. The number of halogens is 1. The van der Waals surface area contributed by atoms with Gasteiger partial charge in [-0.05, 0) is 23.8 Å². The third-order valence-electron chi connectivity index (χ3n) is 2.72. The molecule has 0 aromatic carbocycles. The number of rotatable bonds is 7. The van der Waals surface area contributed by atoms with E-state index in [1.54, 1.807) is 11.3 Å². The van der Waals surface area contributed by atoms with Crippen LogP contribution in [0.1, 0.15) is 18.7 Å². The fourth-order valence-electron chi connectivity index (χ4n) is 1.43. The first kappa shape index (κ1) is 18.9. The summed E-state index contributed by atoms with van der Waals surface area (Å²) >= 11 is 1.66.